The topological polar surface area (TPSA) is 55.5 Å². The van der Waals surface area contributed by atoms with Crippen molar-refractivity contribution < 1.29 is 9.84 Å². The Morgan fingerprint density at radius 2 is 2.09 bits per heavy atom. The number of hydrogen-bond acceptors (Lipinski definition) is 3. The maximum atomic E-state index is 9.57. The lowest BCUT2D eigenvalue weighted by Crippen LogP contribution is -2.59. The monoisotopic (exact) mass is 159 g/mol. The number of ether oxygens (including phenoxy) is 1. The predicted octanol–water partition coefficient (Wildman–Crippen LogP) is 0.262. The number of nitrogens with two attached hydrogens (primary N) is 1. The summed E-state index contributed by atoms with van der Waals surface area (Å²) >= 11 is 0. The highest BCUT2D eigenvalue weighted by atomic mass is 16.5. The van der Waals surface area contributed by atoms with Gasteiger partial charge in [-0.3, -0.25) is 0 Å². The van der Waals surface area contributed by atoms with E-state index < -0.39 is 11.6 Å². The minimum Gasteiger partial charge on any atom is -0.389 e. The molecule has 1 heterocycles. The van der Waals surface area contributed by atoms with Crippen LogP contribution in [0.25, 0.3) is 0 Å². The van der Waals surface area contributed by atoms with E-state index >= 15 is 0 Å². The second-order valence-corrected chi connectivity index (χ2v) is 3.81. The van der Waals surface area contributed by atoms with E-state index in [1.54, 1.807) is 0 Å². The molecule has 0 aliphatic carbocycles. The highest BCUT2D eigenvalue weighted by Crippen LogP contribution is 2.26. The van der Waals surface area contributed by atoms with Crippen LogP contribution in [-0.2, 0) is 4.74 Å². The SMILES string of the molecule is C[C@@H]1C[C@@](C)(N)[C@H](O)[C@@H](C)O1. The van der Waals surface area contributed by atoms with Crippen molar-refractivity contribution in [2.75, 3.05) is 0 Å². The van der Waals surface area contributed by atoms with Crippen LogP contribution in [0, 0.1) is 0 Å². The lowest BCUT2D eigenvalue weighted by Gasteiger charge is -2.42. The van der Waals surface area contributed by atoms with Gasteiger partial charge in [0, 0.05) is 5.54 Å². The van der Waals surface area contributed by atoms with E-state index in [-0.39, 0.29) is 12.2 Å². The van der Waals surface area contributed by atoms with Crippen LogP contribution in [0.3, 0.4) is 0 Å². The normalized spacial score (nSPS) is 52.6. The second-order valence-electron chi connectivity index (χ2n) is 3.81. The van der Waals surface area contributed by atoms with Gasteiger partial charge in [-0.05, 0) is 27.2 Å². The molecule has 0 amide bonds. The molecule has 1 saturated heterocycles. The fourth-order valence-corrected chi connectivity index (χ4v) is 1.77. The zero-order valence-corrected chi connectivity index (χ0v) is 7.37. The molecule has 3 nitrogen and oxygen atoms in total. The number of hydrogen-bond donors (Lipinski definition) is 2. The molecule has 4 atom stereocenters. The Kier molecular flexibility index (Phi) is 2.23. The minimum absolute atomic E-state index is 0.145. The van der Waals surface area contributed by atoms with Gasteiger partial charge < -0.3 is 15.6 Å². The molecule has 0 bridgehead atoms. The molecule has 0 spiro atoms. The van der Waals surface area contributed by atoms with Crippen LogP contribution in [-0.4, -0.2) is 29.0 Å². The molecule has 3 heteroatoms. The fourth-order valence-electron chi connectivity index (χ4n) is 1.77. The van der Waals surface area contributed by atoms with Gasteiger partial charge in [-0.25, -0.2) is 0 Å². The van der Waals surface area contributed by atoms with Crippen molar-refractivity contribution in [1.82, 2.24) is 0 Å². The van der Waals surface area contributed by atoms with Gasteiger partial charge in [0.15, 0.2) is 0 Å². The summed E-state index contributed by atoms with van der Waals surface area (Å²) in [5, 5.41) is 9.57. The molecule has 66 valence electrons. The zero-order valence-electron chi connectivity index (χ0n) is 7.37. The number of rotatable bonds is 0. The average Bonchev–Trinajstić information content (AvgIpc) is 1.81. The first-order valence-corrected chi connectivity index (χ1v) is 4.06. The number of aliphatic hydroxyl groups is 1. The fraction of sp³-hybridized carbons (Fsp3) is 1.00. The maximum absolute atomic E-state index is 9.57. The van der Waals surface area contributed by atoms with Crippen molar-refractivity contribution in [2.24, 2.45) is 5.73 Å². The van der Waals surface area contributed by atoms with E-state index in [0.29, 0.717) is 0 Å². The van der Waals surface area contributed by atoms with Crippen LogP contribution >= 0.6 is 0 Å². The first kappa shape index (κ1) is 8.97. The van der Waals surface area contributed by atoms with Crippen LogP contribution in [0.15, 0.2) is 0 Å². The van der Waals surface area contributed by atoms with E-state index in [0.717, 1.165) is 6.42 Å². The van der Waals surface area contributed by atoms with E-state index in [1.165, 1.54) is 0 Å². The highest BCUT2D eigenvalue weighted by molar-refractivity contribution is 4.95. The summed E-state index contributed by atoms with van der Waals surface area (Å²) in [6.07, 6.45) is 0.189. The van der Waals surface area contributed by atoms with Crippen molar-refractivity contribution in [1.29, 1.82) is 0 Å². The summed E-state index contributed by atoms with van der Waals surface area (Å²) in [4.78, 5) is 0. The van der Waals surface area contributed by atoms with Crippen molar-refractivity contribution >= 4 is 0 Å². The molecule has 0 aromatic rings. The van der Waals surface area contributed by atoms with Crippen LogP contribution in [0.2, 0.25) is 0 Å². The molecule has 1 aliphatic heterocycles. The minimum atomic E-state index is -0.543. The van der Waals surface area contributed by atoms with Gasteiger partial charge >= 0.3 is 0 Å². The summed E-state index contributed by atoms with van der Waals surface area (Å²) < 4.78 is 5.40. The van der Waals surface area contributed by atoms with E-state index in [2.05, 4.69) is 0 Å². The Bertz CT molecular complexity index is 147. The number of aliphatic hydroxyl groups excluding tert-OH is 1. The molecule has 3 N–H and O–H groups in total. The Hall–Kier alpha value is -0.120. The second kappa shape index (κ2) is 2.73. The summed E-state index contributed by atoms with van der Waals surface area (Å²) in [6, 6.07) is 0. The summed E-state index contributed by atoms with van der Waals surface area (Å²) in [5.74, 6) is 0. The third-order valence-electron chi connectivity index (χ3n) is 2.29. The largest absolute Gasteiger partial charge is 0.389 e. The Morgan fingerprint density at radius 3 is 2.55 bits per heavy atom. The van der Waals surface area contributed by atoms with Gasteiger partial charge in [0.05, 0.1) is 18.3 Å². The van der Waals surface area contributed by atoms with Crippen molar-refractivity contribution in [3.8, 4) is 0 Å². The molecule has 1 aliphatic rings. The van der Waals surface area contributed by atoms with E-state index in [9.17, 15) is 5.11 Å². The lowest BCUT2D eigenvalue weighted by molar-refractivity contribution is -0.135. The molecule has 1 rings (SSSR count). The molecular formula is C8H17NO2. The maximum Gasteiger partial charge on any atom is 0.0976 e. The van der Waals surface area contributed by atoms with Crippen molar-refractivity contribution in [2.45, 2.75) is 51.0 Å². The van der Waals surface area contributed by atoms with Gasteiger partial charge in [-0.2, -0.15) is 0 Å². The Balaban J connectivity index is 2.67. The van der Waals surface area contributed by atoms with Gasteiger partial charge in [-0.15, -0.1) is 0 Å². The predicted molar refractivity (Wildman–Crippen MR) is 43.2 cm³/mol. The molecule has 0 aromatic carbocycles. The first-order chi connectivity index (χ1) is 4.93. The van der Waals surface area contributed by atoms with Gasteiger partial charge in [0.1, 0.15) is 0 Å². The quantitative estimate of drug-likeness (QED) is 0.533. The summed E-state index contributed by atoms with van der Waals surface area (Å²) in [5.41, 5.74) is 5.38. The molecule has 0 radical (unpaired) electrons. The molecular weight excluding hydrogens is 142 g/mol. The van der Waals surface area contributed by atoms with E-state index in [1.807, 2.05) is 20.8 Å². The first-order valence-electron chi connectivity index (χ1n) is 4.06. The standard InChI is InChI=1S/C8H17NO2/c1-5-4-8(3,9)7(10)6(2)11-5/h5-7,10H,4,9H2,1-3H3/t5-,6-,7-,8-/m1/s1. The van der Waals surface area contributed by atoms with E-state index in [4.69, 9.17) is 10.5 Å². The molecule has 11 heavy (non-hydrogen) atoms. The summed E-state index contributed by atoms with van der Waals surface area (Å²) in [7, 11) is 0. The Morgan fingerprint density at radius 1 is 1.55 bits per heavy atom. The smallest absolute Gasteiger partial charge is 0.0976 e. The van der Waals surface area contributed by atoms with Gasteiger partial charge in [0.25, 0.3) is 0 Å². The third kappa shape index (κ3) is 1.72. The van der Waals surface area contributed by atoms with Gasteiger partial charge in [0.2, 0.25) is 0 Å². The van der Waals surface area contributed by atoms with Crippen LogP contribution in [0.5, 0.6) is 0 Å². The average molecular weight is 159 g/mol. The summed E-state index contributed by atoms with van der Waals surface area (Å²) in [6.45, 7) is 5.70. The van der Waals surface area contributed by atoms with Crippen LogP contribution in [0.1, 0.15) is 27.2 Å². The Labute approximate surface area is 67.5 Å². The van der Waals surface area contributed by atoms with Crippen LogP contribution < -0.4 is 5.73 Å². The lowest BCUT2D eigenvalue weighted by atomic mass is 9.84. The van der Waals surface area contributed by atoms with Crippen molar-refractivity contribution in [3.05, 3.63) is 0 Å². The third-order valence-corrected chi connectivity index (χ3v) is 2.29. The van der Waals surface area contributed by atoms with Crippen LogP contribution in [0.4, 0.5) is 0 Å². The molecule has 0 unspecified atom stereocenters. The van der Waals surface area contributed by atoms with Gasteiger partial charge in [-0.1, -0.05) is 0 Å². The van der Waals surface area contributed by atoms with Crippen molar-refractivity contribution in [3.63, 3.8) is 0 Å². The molecule has 0 saturated carbocycles. The zero-order chi connectivity index (χ0) is 8.65. The molecule has 1 fully saturated rings. The molecule has 0 aromatic heterocycles. The highest BCUT2D eigenvalue weighted by Gasteiger charge is 2.39.